The summed E-state index contributed by atoms with van der Waals surface area (Å²) in [5, 5.41) is 12.7. The van der Waals surface area contributed by atoms with Gasteiger partial charge in [0, 0.05) is 49.9 Å². The number of hydrogen-bond acceptors (Lipinski definition) is 4. The molecule has 30 heavy (non-hydrogen) atoms. The van der Waals surface area contributed by atoms with E-state index in [2.05, 4.69) is 19.9 Å². The van der Waals surface area contributed by atoms with Gasteiger partial charge in [0.2, 0.25) is 0 Å². The van der Waals surface area contributed by atoms with E-state index in [1.807, 2.05) is 0 Å². The minimum atomic E-state index is -0.739. The third-order valence-electron chi connectivity index (χ3n) is 5.86. The molecule has 1 unspecified atom stereocenters. The van der Waals surface area contributed by atoms with Gasteiger partial charge in [-0.05, 0) is 37.8 Å². The van der Waals surface area contributed by atoms with Gasteiger partial charge in [-0.1, -0.05) is 0 Å². The second kappa shape index (κ2) is 7.30. The van der Waals surface area contributed by atoms with Gasteiger partial charge in [-0.3, -0.25) is 9.48 Å². The number of likely N-dealkylation sites (tertiary alicyclic amines) is 1. The minimum Gasteiger partial charge on any atom is -0.338 e. The van der Waals surface area contributed by atoms with Crippen molar-refractivity contribution >= 4 is 5.91 Å². The number of aryl methyl sites for hydroxylation is 1. The summed E-state index contributed by atoms with van der Waals surface area (Å²) in [6.07, 6.45) is 7.46. The summed E-state index contributed by atoms with van der Waals surface area (Å²) < 4.78 is 31.3. The molecule has 2 aromatic heterocycles. The number of aromatic nitrogens is 5. The molecule has 9 heteroatoms. The van der Waals surface area contributed by atoms with E-state index in [-0.39, 0.29) is 23.1 Å². The number of carbonyl (C=O) groups is 1. The molecule has 1 aliphatic heterocycles. The Kier molecular flexibility index (Phi) is 4.60. The van der Waals surface area contributed by atoms with E-state index in [0.29, 0.717) is 24.7 Å². The van der Waals surface area contributed by atoms with Crippen LogP contribution in [0.4, 0.5) is 8.78 Å². The van der Waals surface area contributed by atoms with Gasteiger partial charge >= 0.3 is 0 Å². The molecule has 1 saturated carbocycles. The van der Waals surface area contributed by atoms with E-state index in [1.165, 1.54) is 16.8 Å². The standard InChI is InChI=1S/C21H22F2N6O/c1-27-11-17(19(26-27)16-7-4-14(22)9-18(16)23)21(30)28-8-2-3-13(10-28)20-25-24-12-29(20)15-5-6-15/h4,7,9,11-13,15H,2-3,5-6,8,10H2,1H3. The van der Waals surface area contributed by atoms with Crippen molar-refractivity contribution < 1.29 is 13.6 Å². The smallest absolute Gasteiger partial charge is 0.257 e. The summed E-state index contributed by atoms with van der Waals surface area (Å²) in [6.45, 7) is 1.15. The van der Waals surface area contributed by atoms with Crippen molar-refractivity contribution in [1.82, 2.24) is 29.4 Å². The Hall–Kier alpha value is -3.10. The van der Waals surface area contributed by atoms with Gasteiger partial charge in [0.05, 0.1) is 5.56 Å². The number of hydrogen-bond donors (Lipinski definition) is 0. The minimum absolute atomic E-state index is 0.113. The van der Waals surface area contributed by atoms with Crippen LogP contribution in [0, 0.1) is 11.6 Å². The van der Waals surface area contributed by atoms with Crippen LogP contribution >= 0.6 is 0 Å². The molecule has 2 fully saturated rings. The van der Waals surface area contributed by atoms with Crippen LogP contribution in [0.2, 0.25) is 0 Å². The lowest BCUT2D eigenvalue weighted by molar-refractivity contribution is 0.0704. The number of piperidine rings is 1. The van der Waals surface area contributed by atoms with Crippen molar-refractivity contribution in [3.05, 3.63) is 53.7 Å². The molecule has 0 spiro atoms. The zero-order chi connectivity index (χ0) is 20.8. The van der Waals surface area contributed by atoms with Crippen molar-refractivity contribution in [2.24, 2.45) is 7.05 Å². The number of carbonyl (C=O) groups excluding carboxylic acids is 1. The van der Waals surface area contributed by atoms with Gasteiger partial charge in [0.1, 0.15) is 29.5 Å². The van der Waals surface area contributed by atoms with Crippen molar-refractivity contribution in [1.29, 1.82) is 0 Å². The molecular formula is C21H22F2N6O. The SMILES string of the molecule is Cn1cc(C(=O)N2CCCC(c3nncn3C3CC3)C2)c(-c2ccc(F)cc2F)n1. The third kappa shape index (κ3) is 3.38. The van der Waals surface area contributed by atoms with Gasteiger partial charge in [-0.25, -0.2) is 8.78 Å². The molecule has 2 aliphatic rings. The highest BCUT2D eigenvalue weighted by atomic mass is 19.1. The van der Waals surface area contributed by atoms with E-state index < -0.39 is 11.6 Å². The molecule has 1 amide bonds. The highest BCUT2D eigenvalue weighted by molar-refractivity contribution is 6.00. The first kappa shape index (κ1) is 18.9. The van der Waals surface area contributed by atoms with Gasteiger partial charge in [0.15, 0.2) is 0 Å². The average Bonchev–Trinajstić information content (AvgIpc) is 3.33. The van der Waals surface area contributed by atoms with Crippen molar-refractivity contribution in [2.75, 3.05) is 13.1 Å². The predicted octanol–water partition coefficient (Wildman–Crippen LogP) is 3.31. The number of rotatable bonds is 4. The van der Waals surface area contributed by atoms with Crippen LogP contribution < -0.4 is 0 Å². The van der Waals surface area contributed by atoms with E-state index in [4.69, 9.17) is 0 Å². The second-order valence-corrected chi connectivity index (χ2v) is 8.11. The molecule has 7 nitrogen and oxygen atoms in total. The van der Waals surface area contributed by atoms with Crippen molar-refractivity contribution in [3.63, 3.8) is 0 Å². The Morgan fingerprint density at radius 2 is 2.03 bits per heavy atom. The molecule has 0 bridgehead atoms. The number of nitrogens with zero attached hydrogens (tertiary/aromatic N) is 6. The maximum atomic E-state index is 14.4. The molecule has 1 saturated heterocycles. The first-order valence-electron chi connectivity index (χ1n) is 10.2. The number of amides is 1. The largest absolute Gasteiger partial charge is 0.338 e. The summed E-state index contributed by atoms with van der Waals surface area (Å²) in [4.78, 5) is 15.1. The van der Waals surface area contributed by atoms with Crippen molar-refractivity contribution in [3.8, 4) is 11.3 Å². The maximum Gasteiger partial charge on any atom is 0.257 e. The quantitative estimate of drug-likeness (QED) is 0.659. The topological polar surface area (TPSA) is 68.8 Å². The van der Waals surface area contributed by atoms with Crippen LogP contribution in [-0.4, -0.2) is 48.4 Å². The Morgan fingerprint density at radius 3 is 2.80 bits per heavy atom. The van der Waals surface area contributed by atoms with Gasteiger partial charge in [-0.2, -0.15) is 5.10 Å². The summed E-state index contributed by atoms with van der Waals surface area (Å²) >= 11 is 0. The van der Waals surface area contributed by atoms with Crippen LogP contribution in [-0.2, 0) is 7.05 Å². The van der Waals surface area contributed by atoms with E-state index >= 15 is 0 Å². The molecule has 1 aromatic carbocycles. The molecule has 3 heterocycles. The molecule has 5 rings (SSSR count). The molecule has 156 valence electrons. The maximum absolute atomic E-state index is 14.4. The van der Waals surface area contributed by atoms with Crippen LogP contribution in [0.15, 0.2) is 30.7 Å². The molecular weight excluding hydrogens is 390 g/mol. The first-order valence-corrected chi connectivity index (χ1v) is 10.2. The lowest BCUT2D eigenvalue weighted by Crippen LogP contribution is -2.39. The normalized spacial score (nSPS) is 19.3. The molecule has 3 aromatic rings. The van der Waals surface area contributed by atoms with Crippen molar-refractivity contribution in [2.45, 2.75) is 37.6 Å². The van der Waals surface area contributed by atoms with Gasteiger partial charge in [-0.15, -0.1) is 10.2 Å². The highest BCUT2D eigenvalue weighted by Crippen LogP contribution is 2.38. The average molecular weight is 412 g/mol. The van der Waals surface area contributed by atoms with E-state index in [1.54, 1.807) is 24.5 Å². The number of halogens is 2. The zero-order valence-electron chi connectivity index (χ0n) is 16.6. The first-order chi connectivity index (χ1) is 14.5. The van der Waals surface area contributed by atoms with Crippen LogP contribution in [0.25, 0.3) is 11.3 Å². The Labute approximate surface area is 172 Å². The summed E-state index contributed by atoms with van der Waals surface area (Å²) in [5.74, 6) is -0.556. The second-order valence-electron chi connectivity index (χ2n) is 8.11. The van der Waals surface area contributed by atoms with Crippen LogP contribution in [0.5, 0.6) is 0 Å². The molecule has 1 atom stereocenters. The monoisotopic (exact) mass is 412 g/mol. The van der Waals surface area contributed by atoms with Crippen LogP contribution in [0.3, 0.4) is 0 Å². The third-order valence-corrected chi connectivity index (χ3v) is 5.86. The van der Waals surface area contributed by atoms with E-state index in [0.717, 1.165) is 37.6 Å². The van der Waals surface area contributed by atoms with Gasteiger partial charge in [0.25, 0.3) is 5.91 Å². The van der Waals surface area contributed by atoms with E-state index in [9.17, 15) is 13.6 Å². The molecule has 0 radical (unpaired) electrons. The Bertz CT molecular complexity index is 1100. The summed E-state index contributed by atoms with van der Waals surface area (Å²) in [7, 11) is 1.68. The fraction of sp³-hybridized carbons (Fsp3) is 0.429. The van der Waals surface area contributed by atoms with Gasteiger partial charge < -0.3 is 9.47 Å². The summed E-state index contributed by atoms with van der Waals surface area (Å²) in [5.41, 5.74) is 0.651. The lowest BCUT2D eigenvalue weighted by Gasteiger charge is -2.32. The Morgan fingerprint density at radius 1 is 1.20 bits per heavy atom. The zero-order valence-corrected chi connectivity index (χ0v) is 16.6. The summed E-state index contributed by atoms with van der Waals surface area (Å²) in [6, 6.07) is 3.77. The fourth-order valence-corrected chi connectivity index (χ4v) is 4.25. The molecule has 0 N–H and O–H groups in total. The fourth-order valence-electron chi connectivity index (χ4n) is 4.25. The predicted molar refractivity (Wildman–Crippen MR) is 105 cm³/mol. The molecule has 1 aliphatic carbocycles. The Balaban J connectivity index is 1.43. The lowest BCUT2D eigenvalue weighted by atomic mass is 9.96. The number of benzene rings is 1. The highest BCUT2D eigenvalue weighted by Gasteiger charge is 2.34. The van der Waals surface area contributed by atoms with Crippen LogP contribution in [0.1, 0.15) is 53.8 Å².